The molecule has 2 aromatic heterocycles. The van der Waals surface area contributed by atoms with E-state index in [0.29, 0.717) is 11.6 Å². The molecule has 0 saturated heterocycles. The lowest BCUT2D eigenvalue weighted by atomic mass is 9.82. The maximum atomic E-state index is 13.0. The van der Waals surface area contributed by atoms with Gasteiger partial charge in [0, 0.05) is 24.1 Å². The summed E-state index contributed by atoms with van der Waals surface area (Å²) in [4.78, 5) is 25.8. The van der Waals surface area contributed by atoms with Gasteiger partial charge in [-0.05, 0) is 45.7 Å². The van der Waals surface area contributed by atoms with Crippen LogP contribution in [-0.4, -0.2) is 54.9 Å². The topological polar surface area (TPSA) is 112 Å². The molecule has 1 amide bonds. The van der Waals surface area contributed by atoms with Crippen molar-refractivity contribution in [3.63, 3.8) is 0 Å². The Morgan fingerprint density at radius 2 is 1.89 bits per heavy atom. The molecule has 9 nitrogen and oxygen atoms in total. The molecular weight excluding hydrogens is 361 g/mol. The molecule has 2 aromatic rings. The van der Waals surface area contributed by atoms with Crippen molar-refractivity contribution in [1.29, 1.82) is 0 Å². The summed E-state index contributed by atoms with van der Waals surface area (Å²) < 4.78 is 5.60. The van der Waals surface area contributed by atoms with Gasteiger partial charge in [0.05, 0.1) is 18.3 Å². The highest BCUT2D eigenvalue weighted by atomic mass is 16.6. The van der Waals surface area contributed by atoms with Crippen LogP contribution in [0.25, 0.3) is 0 Å². The molecule has 2 N–H and O–H groups in total. The molecule has 10 heteroatoms. The van der Waals surface area contributed by atoms with Crippen molar-refractivity contribution >= 4 is 24.6 Å². The van der Waals surface area contributed by atoms with Crippen LogP contribution >= 0.6 is 0 Å². The molecular formula is C18H24BN5O4. The second kappa shape index (κ2) is 8.11. The molecule has 148 valence electrons. The lowest BCUT2D eigenvalue weighted by molar-refractivity contribution is 0.0195. The van der Waals surface area contributed by atoms with E-state index in [1.54, 1.807) is 56.4 Å². The molecule has 28 heavy (non-hydrogen) atoms. The molecule has 0 unspecified atom stereocenters. The average molecular weight is 385 g/mol. The Hall–Kier alpha value is -2.72. The van der Waals surface area contributed by atoms with E-state index >= 15 is 0 Å². The van der Waals surface area contributed by atoms with E-state index in [9.17, 15) is 14.8 Å². The van der Waals surface area contributed by atoms with Crippen LogP contribution in [0.15, 0.2) is 36.8 Å². The summed E-state index contributed by atoms with van der Waals surface area (Å²) in [6.07, 6.45) is 5.93. The van der Waals surface area contributed by atoms with Crippen LogP contribution in [0.1, 0.15) is 39.3 Å². The molecule has 0 aliphatic heterocycles. The maximum absolute atomic E-state index is 13.0. The zero-order chi connectivity index (χ0) is 20.3. The SMILES string of the molecule is CC(C)(C)OC(=O)N(Cc1ccc(B(O)O)cn1)N(c1ncccn1)C1CC1. The fraction of sp³-hybridized carbons (Fsp3) is 0.444. The summed E-state index contributed by atoms with van der Waals surface area (Å²) in [6.45, 7) is 5.54. The van der Waals surface area contributed by atoms with E-state index in [1.807, 2.05) is 0 Å². The Morgan fingerprint density at radius 1 is 1.21 bits per heavy atom. The quantitative estimate of drug-likeness (QED) is 0.557. The number of anilines is 1. The Morgan fingerprint density at radius 3 is 2.39 bits per heavy atom. The van der Waals surface area contributed by atoms with Gasteiger partial charge in [0.25, 0.3) is 0 Å². The van der Waals surface area contributed by atoms with Gasteiger partial charge in [-0.3, -0.25) is 4.98 Å². The van der Waals surface area contributed by atoms with E-state index in [4.69, 9.17) is 4.74 Å². The van der Waals surface area contributed by atoms with Crippen molar-refractivity contribution in [1.82, 2.24) is 20.0 Å². The summed E-state index contributed by atoms with van der Waals surface area (Å²) in [7, 11) is -1.59. The van der Waals surface area contributed by atoms with Gasteiger partial charge in [0.1, 0.15) is 5.60 Å². The average Bonchev–Trinajstić information content (AvgIpc) is 3.46. The van der Waals surface area contributed by atoms with Crippen molar-refractivity contribution < 1.29 is 19.6 Å². The first-order valence-corrected chi connectivity index (χ1v) is 9.12. The first-order valence-electron chi connectivity index (χ1n) is 9.12. The number of hydrazine groups is 1. The maximum Gasteiger partial charge on any atom is 0.490 e. The third-order valence-electron chi connectivity index (χ3n) is 3.97. The lowest BCUT2D eigenvalue weighted by Gasteiger charge is -2.35. The van der Waals surface area contributed by atoms with Gasteiger partial charge in [-0.15, -0.1) is 0 Å². The van der Waals surface area contributed by atoms with E-state index in [1.165, 1.54) is 11.2 Å². The minimum Gasteiger partial charge on any atom is -0.442 e. The van der Waals surface area contributed by atoms with Gasteiger partial charge in [0.15, 0.2) is 0 Å². The number of pyridine rings is 1. The summed E-state index contributed by atoms with van der Waals surface area (Å²) >= 11 is 0. The molecule has 2 heterocycles. The predicted molar refractivity (Wildman–Crippen MR) is 103 cm³/mol. The van der Waals surface area contributed by atoms with Crippen LogP contribution in [0.5, 0.6) is 0 Å². The Labute approximate surface area is 164 Å². The van der Waals surface area contributed by atoms with Gasteiger partial charge in [-0.25, -0.2) is 24.8 Å². The minimum absolute atomic E-state index is 0.105. The van der Waals surface area contributed by atoms with Crippen LogP contribution in [0.4, 0.5) is 10.7 Å². The van der Waals surface area contributed by atoms with E-state index in [-0.39, 0.29) is 18.0 Å². The minimum atomic E-state index is -1.59. The fourth-order valence-electron chi connectivity index (χ4n) is 2.58. The van der Waals surface area contributed by atoms with Gasteiger partial charge in [-0.2, -0.15) is 0 Å². The largest absolute Gasteiger partial charge is 0.490 e. The molecule has 3 rings (SSSR count). The van der Waals surface area contributed by atoms with E-state index < -0.39 is 18.8 Å². The van der Waals surface area contributed by atoms with Crippen LogP contribution < -0.4 is 10.5 Å². The molecule has 1 aliphatic carbocycles. The van der Waals surface area contributed by atoms with Crippen molar-refractivity contribution in [2.45, 2.75) is 51.8 Å². The first kappa shape index (κ1) is 20.0. The van der Waals surface area contributed by atoms with Crippen molar-refractivity contribution in [3.05, 3.63) is 42.5 Å². The van der Waals surface area contributed by atoms with Gasteiger partial charge >= 0.3 is 13.2 Å². The van der Waals surface area contributed by atoms with Crippen LogP contribution in [0.2, 0.25) is 0 Å². The highest BCUT2D eigenvalue weighted by molar-refractivity contribution is 6.58. The molecule has 0 atom stereocenters. The van der Waals surface area contributed by atoms with Crippen molar-refractivity contribution in [3.8, 4) is 0 Å². The highest BCUT2D eigenvalue weighted by Crippen LogP contribution is 2.32. The molecule has 1 saturated carbocycles. The number of aromatic nitrogens is 3. The lowest BCUT2D eigenvalue weighted by Crippen LogP contribution is -2.50. The Kier molecular flexibility index (Phi) is 5.80. The summed E-state index contributed by atoms with van der Waals surface area (Å²) in [6, 6.07) is 5.02. The van der Waals surface area contributed by atoms with Crippen LogP contribution in [0, 0.1) is 0 Å². The Bertz CT molecular complexity index is 794. The fourth-order valence-corrected chi connectivity index (χ4v) is 2.58. The normalized spacial score (nSPS) is 13.8. The monoisotopic (exact) mass is 385 g/mol. The molecule has 0 spiro atoms. The van der Waals surface area contributed by atoms with Gasteiger partial charge in [0.2, 0.25) is 5.95 Å². The summed E-state index contributed by atoms with van der Waals surface area (Å²) in [5.74, 6) is 0.415. The number of carbonyl (C=O) groups is 1. The van der Waals surface area contributed by atoms with Crippen LogP contribution in [-0.2, 0) is 11.3 Å². The molecule has 1 fully saturated rings. The van der Waals surface area contributed by atoms with Crippen molar-refractivity contribution in [2.24, 2.45) is 0 Å². The number of hydrogen-bond donors (Lipinski definition) is 2. The summed E-state index contributed by atoms with van der Waals surface area (Å²) in [5.41, 5.74) is 0.176. The zero-order valence-electron chi connectivity index (χ0n) is 16.2. The Balaban J connectivity index is 1.91. The number of rotatable bonds is 6. The third-order valence-corrected chi connectivity index (χ3v) is 3.97. The number of hydrogen-bond acceptors (Lipinski definition) is 8. The van der Waals surface area contributed by atoms with E-state index in [0.717, 1.165) is 12.8 Å². The first-order chi connectivity index (χ1) is 13.2. The number of amides is 1. The predicted octanol–water partition coefficient (Wildman–Crippen LogP) is 0.872. The zero-order valence-corrected chi connectivity index (χ0v) is 16.2. The number of nitrogens with zero attached hydrogens (tertiary/aromatic N) is 5. The second-order valence-corrected chi connectivity index (χ2v) is 7.62. The van der Waals surface area contributed by atoms with E-state index in [2.05, 4.69) is 15.0 Å². The smallest absolute Gasteiger partial charge is 0.442 e. The van der Waals surface area contributed by atoms with Crippen molar-refractivity contribution in [2.75, 3.05) is 5.01 Å². The number of carbonyl (C=O) groups excluding carboxylic acids is 1. The molecule has 0 aromatic carbocycles. The van der Waals surface area contributed by atoms with Gasteiger partial charge < -0.3 is 14.8 Å². The highest BCUT2D eigenvalue weighted by Gasteiger charge is 2.39. The summed E-state index contributed by atoms with van der Waals surface area (Å²) in [5, 5.41) is 21.7. The standard InChI is InChI=1S/C18H24BN5O4/c1-18(2,3)28-17(25)23(12-14-6-5-13(11-22-14)19(26)27)24(15-7-8-15)16-20-9-4-10-21-16/h4-6,9-11,15,26-27H,7-8,12H2,1-3H3. The number of ether oxygens (including phenoxy) is 1. The molecule has 1 aliphatic rings. The third kappa shape index (κ3) is 5.17. The van der Waals surface area contributed by atoms with Gasteiger partial charge in [-0.1, -0.05) is 6.07 Å². The second-order valence-electron chi connectivity index (χ2n) is 7.62. The molecule has 0 bridgehead atoms. The molecule has 0 radical (unpaired) electrons. The van der Waals surface area contributed by atoms with Crippen LogP contribution in [0.3, 0.4) is 0 Å².